The molecule has 0 saturated carbocycles. The highest BCUT2D eigenvalue weighted by Gasteiger charge is 2.45. The van der Waals surface area contributed by atoms with Crippen molar-refractivity contribution in [2.24, 2.45) is 0 Å². The third kappa shape index (κ3) is 4.06. The first-order valence-corrected chi connectivity index (χ1v) is 10.0. The molecule has 2 aromatic carbocycles. The van der Waals surface area contributed by atoms with Crippen molar-refractivity contribution in [3.63, 3.8) is 0 Å². The number of rotatable bonds is 6. The number of sulfonamides is 1. The molecule has 148 valence electrons. The highest BCUT2D eigenvalue weighted by atomic mass is 32.2. The number of carbonyl (C=O) groups is 2. The average Bonchev–Trinajstić information content (AvgIpc) is 2.69. The van der Waals surface area contributed by atoms with Crippen LogP contribution in [0.25, 0.3) is 0 Å². The third-order valence-corrected chi connectivity index (χ3v) is 6.56. The summed E-state index contributed by atoms with van der Waals surface area (Å²) in [6.45, 7) is -0.569. The van der Waals surface area contributed by atoms with Crippen molar-refractivity contribution in [1.29, 1.82) is 0 Å². The van der Waals surface area contributed by atoms with Crippen molar-refractivity contribution in [2.75, 3.05) is 13.1 Å². The Kier molecular flexibility index (Phi) is 5.78. The summed E-state index contributed by atoms with van der Waals surface area (Å²) in [5, 5.41) is 19.4. The minimum absolute atomic E-state index is 0.000197. The van der Waals surface area contributed by atoms with Gasteiger partial charge in [0.15, 0.2) is 0 Å². The second-order valence-electron chi connectivity index (χ2n) is 6.50. The maximum atomic E-state index is 12.9. The molecule has 1 aliphatic heterocycles. The van der Waals surface area contributed by atoms with Gasteiger partial charge in [0.05, 0.1) is 4.90 Å². The van der Waals surface area contributed by atoms with Gasteiger partial charge in [0.25, 0.3) is 0 Å². The molecule has 0 aromatic heterocycles. The molecule has 0 bridgehead atoms. The molecule has 2 atom stereocenters. The van der Waals surface area contributed by atoms with E-state index in [9.17, 15) is 28.2 Å². The zero-order chi connectivity index (χ0) is 20.3. The van der Waals surface area contributed by atoms with Crippen molar-refractivity contribution in [1.82, 2.24) is 9.21 Å². The number of carboxylic acid groups (broad SMARTS) is 2. The molecular weight excluding hydrogens is 384 g/mol. The van der Waals surface area contributed by atoms with Gasteiger partial charge in [-0.05, 0) is 17.7 Å². The lowest BCUT2D eigenvalue weighted by Gasteiger charge is -2.42. The molecule has 1 fully saturated rings. The molecule has 1 aliphatic rings. The van der Waals surface area contributed by atoms with E-state index >= 15 is 0 Å². The Morgan fingerprint density at radius 2 is 1.32 bits per heavy atom. The number of benzene rings is 2. The van der Waals surface area contributed by atoms with Crippen LogP contribution in [-0.2, 0) is 26.2 Å². The summed E-state index contributed by atoms with van der Waals surface area (Å²) in [4.78, 5) is 25.1. The number of hydrogen-bond acceptors (Lipinski definition) is 5. The normalized spacial score (nSPS) is 21.3. The van der Waals surface area contributed by atoms with Gasteiger partial charge in [0.1, 0.15) is 12.1 Å². The maximum absolute atomic E-state index is 12.9. The summed E-state index contributed by atoms with van der Waals surface area (Å²) < 4.78 is 26.8. The fourth-order valence-corrected chi connectivity index (χ4v) is 4.75. The van der Waals surface area contributed by atoms with E-state index in [4.69, 9.17) is 0 Å². The number of piperazine rings is 1. The SMILES string of the molecule is O=C(O)[C@H]1CN(S(=O)(=O)c2ccccc2)C[C@@H](C(=O)O)N1Cc1ccccc1. The Morgan fingerprint density at radius 3 is 1.79 bits per heavy atom. The first-order chi connectivity index (χ1) is 13.3. The Labute approximate surface area is 162 Å². The van der Waals surface area contributed by atoms with Crippen LogP contribution in [0.15, 0.2) is 65.6 Å². The van der Waals surface area contributed by atoms with Crippen molar-refractivity contribution < 1.29 is 28.2 Å². The molecule has 1 heterocycles. The molecule has 2 N–H and O–H groups in total. The lowest BCUT2D eigenvalue weighted by atomic mass is 10.1. The van der Waals surface area contributed by atoms with Gasteiger partial charge < -0.3 is 10.2 Å². The van der Waals surface area contributed by atoms with E-state index in [1.807, 2.05) is 0 Å². The quantitative estimate of drug-likeness (QED) is 0.741. The molecule has 0 radical (unpaired) electrons. The van der Waals surface area contributed by atoms with Crippen LogP contribution in [0.5, 0.6) is 0 Å². The van der Waals surface area contributed by atoms with Crippen LogP contribution < -0.4 is 0 Å². The smallest absolute Gasteiger partial charge is 0.322 e. The van der Waals surface area contributed by atoms with Gasteiger partial charge >= 0.3 is 11.9 Å². The topological polar surface area (TPSA) is 115 Å². The van der Waals surface area contributed by atoms with Crippen molar-refractivity contribution in [2.45, 2.75) is 23.5 Å². The third-order valence-electron chi connectivity index (χ3n) is 4.71. The van der Waals surface area contributed by atoms with Gasteiger partial charge in [-0.1, -0.05) is 48.5 Å². The molecule has 0 unspecified atom stereocenters. The summed E-state index contributed by atoms with van der Waals surface area (Å²) in [5.41, 5.74) is 0.749. The van der Waals surface area contributed by atoms with E-state index in [1.165, 1.54) is 17.0 Å². The van der Waals surface area contributed by atoms with Gasteiger partial charge in [0.2, 0.25) is 10.0 Å². The van der Waals surface area contributed by atoms with Gasteiger partial charge in [-0.3, -0.25) is 14.5 Å². The van der Waals surface area contributed by atoms with E-state index < -0.39 is 34.0 Å². The molecule has 1 saturated heterocycles. The first-order valence-electron chi connectivity index (χ1n) is 8.61. The lowest BCUT2D eigenvalue weighted by Crippen LogP contribution is -2.64. The maximum Gasteiger partial charge on any atom is 0.322 e. The number of carboxylic acids is 2. The molecule has 3 rings (SSSR count). The molecule has 9 heteroatoms. The fraction of sp³-hybridized carbons (Fsp3) is 0.263. The van der Waals surface area contributed by atoms with Gasteiger partial charge in [-0.25, -0.2) is 8.42 Å². The zero-order valence-corrected chi connectivity index (χ0v) is 15.7. The van der Waals surface area contributed by atoms with Crippen molar-refractivity contribution in [3.05, 3.63) is 66.2 Å². The summed E-state index contributed by atoms with van der Waals surface area (Å²) in [7, 11) is -4.01. The summed E-state index contributed by atoms with van der Waals surface area (Å²) in [6.07, 6.45) is 0. The fourth-order valence-electron chi connectivity index (χ4n) is 3.28. The highest BCUT2D eigenvalue weighted by molar-refractivity contribution is 7.89. The number of nitrogens with zero attached hydrogens (tertiary/aromatic N) is 2. The summed E-state index contributed by atoms with van der Waals surface area (Å²) in [6, 6.07) is 13.9. The van der Waals surface area contributed by atoms with E-state index in [0.717, 1.165) is 9.87 Å². The highest BCUT2D eigenvalue weighted by Crippen LogP contribution is 2.25. The molecule has 28 heavy (non-hydrogen) atoms. The lowest BCUT2D eigenvalue weighted by molar-refractivity contribution is -0.155. The standard InChI is InChI=1S/C19H20N2O6S/c22-18(23)16-12-20(28(26,27)15-9-5-2-6-10-15)13-17(19(24)25)21(16)11-14-7-3-1-4-8-14/h1-10,16-17H,11-13H2,(H,22,23)(H,24,25)/t16-,17+. The predicted molar refractivity (Wildman–Crippen MR) is 100 cm³/mol. The second-order valence-corrected chi connectivity index (χ2v) is 8.44. The van der Waals surface area contributed by atoms with Crippen LogP contribution in [0, 0.1) is 0 Å². The number of aliphatic carboxylic acids is 2. The van der Waals surface area contributed by atoms with Crippen LogP contribution in [0.2, 0.25) is 0 Å². The Morgan fingerprint density at radius 1 is 0.857 bits per heavy atom. The van der Waals surface area contributed by atoms with E-state index in [0.29, 0.717) is 0 Å². The van der Waals surface area contributed by atoms with Crippen LogP contribution in [0.1, 0.15) is 5.56 Å². The Bertz CT molecular complexity index is 925. The number of hydrogen-bond donors (Lipinski definition) is 2. The van der Waals surface area contributed by atoms with Crippen LogP contribution in [0.3, 0.4) is 0 Å². The van der Waals surface area contributed by atoms with Gasteiger partial charge in [-0.15, -0.1) is 0 Å². The predicted octanol–water partition coefficient (Wildman–Crippen LogP) is 1.10. The van der Waals surface area contributed by atoms with Crippen LogP contribution >= 0.6 is 0 Å². The zero-order valence-electron chi connectivity index (χ0n) is 14.9. The molecule has 0 amide bonds. The second kappa shape index (κ2) is 8.09. The molecule has 0 aliphatic carbocycles. The summed E-state index contributed by atoms with van der Waals surface area (Å²) in [5.74, 6) is -2.54. The monoisotopic (exact) mass is 404 g/mol. The summed E-state index contributed by atoms with van der Waals surface area (Å²) >= 11 is 0. The Balaban J connectivity index is 1.95. The minimum Gasteiger partial charge on any atom is -0.480 e. The first kappa shape index (κ1) is 20.0. The van der Waals surface area contributed by atoms with Crippen LogP contribution in [0.4, 0.5) is 0 Å². The Hall–Kier alpha value is -2.75. The largest absolute Gasteiger partial charge is 0.480 e. The van der Waals surface area contributed by atoms with Crippen molar-refractivity contribution in [3.8, 4) is 0 Å². The van der Waals surface area contributed by atoms with Crippen molar-refractivity contribution >= 4 is 22.0 Å². The van der Waals surface area contributed by atoms with Gasteiger partial charge in [0, 0.05) is 19.6 Å². The van der Waals surface area contributed by atoms with Crippen LogP contribution in [-0.4, -0.2) is 64.9 Å². The minimum atomic E-state index is -4.01. The molecule has 2 aromatic rings. The molecular formula is C19H20N2O6S. The molecule has 0 spiro atoms. The van der Waals surface area contributed by atoms with E-state index in [1.54, 1.807) is 48.5 Å². The van der Waals surface area contributed by atoms with E-state index in [2.05, 4.69) is 0 Å². The molecule has 8 nitrogen and oxygen atoms in total. The van der Waals surface area contributed by atoms with E-state index in [-0.39, 0.29) is 24.5 Å². The average molecular weight is 404 g/mol. The van der Waals surface area contributed by atoms with Gasteiger partial charge in [-0.2, -0.15) is 4.31 Å².